The first kappa shape index (κ1) is 39.4. The number of nitrogens with two attached hydrogens (primary N) is 3. The number of phenols is 1. The minimum absolute atomic E-state index is 0.0599. The first-order chi connectivity index (χ1) is 23.2. The van der Waals surface area contributed by atoms with Crippen LogP contribution in [0.1, 0.15) is 30.4 Å². The highest BCUT2D eigenvalue weighted by Crippen LogP contribution is 2.13. The first-order valence-corrected chi connectivity index (χ1v) is 15.1. The summed E-state index contributed by atoms with van der Waals surface area (Å²) in [6.07, 6.45) is -0.857. The molecule has 2 aromatic carbocycles. The smallest absolute Gasteiger partial charge is 0.328 e. The molecule has 266 valence electrons. The average Bonchev–Trinajstić information content (AvgIpc) is 3.04. The fourth-order valence-corrected chi connectivity index (χ4v) is 4.47. The Morgan fingerprint density at radius 3 is 1.69 bits per heavy atom. The summed E-state index contributed by atoms with van der Waals surface area (Å²) in [4.78, 5) is 79.7. The Labute approximate surface area is 281 Å². The summed E-state index contributed by atoms with van der Waals surface area (Å²) in [5.74, 6) is -6.73. The van der Waals surface area contributed by atoms with Gasteiger partial charge in [0, 0.05) is 19.4 Å². The molecule has 5 atom stereocenters. The lowest BCUT2D eigenvalue weighted by molar-refractivity contribution is -0.143. The van der Waals surface area contributed by atoms with Crippen molar-refractivity contribution in [1.29, 1.82) is 0 Å². The molecule has 18 nitrogen and oxygen atoms in total. The van der Waals surface area contributed by atoms with Gasteiger partial charge in [-0.15, -0.1) is 0 Å². The van der Waals surface area contributed by atoms with Crippen LogP contribution >= 0.6 is 0 Å². The number of amides is 4. The van der Waals surface area contributed by atoms with Crippen molar-refractivity contribution >= 4 is 41.5 Å². The fourth-order valence-electron chi connectivity index (χ4n) is 4.47. The molecule has 0 radical (unpaired) electrons. The molecule has 0 aromatic heterocycles. The van der Waals surface area contributed by atoms with E-state index in [1.807, 2.05) is 0 Å². The summed E-state index contributed by atoms with van der Waals surface area (Å²) in [6, 6.07) is 6.90. The number of phenolic OH excluding ortho intramolecular Hbond substituents is 1. The fraction of sp³-hybridized carbons (Fsp3) is 0.387. The van der Waals surface area contributed by atoms with Crippen LogP contribution in [0, 0.1) is 0 Å². The second kappa shape index (κ2) is 19.8. The number of nitrogens with zero attached hydrogens (tertiary/aromatic N) is 1. The van der Waals surface area contributed by atoms with Crippen molar-refractivity contribution in [1.82, 2.24) is 21.3 Å². The van der Waals surface area contributed by atoms with Gasteiger partial charge in [-0.3, -0.25) is 29.0 Å². The molecule has 0 fully saturated rings. The van der Waals surface area contributed by atoms with Gasteiger partial charge in [-0.2, -0.15) is 0 Å². The number of aliphatic hydroxyl groups is 1. The maximum absolute atomic E-state index is 13.7. The molecule has 0 heterocycles. The summed E-state index contributed by atoms with van der Waals surface area (Å²) in [7, 11) is 0. The van der Waals surface area contributed by atoms with Crippen LogP contribution in [-0.2, 0) is 41.6 Å². The largest absolute Gasteiger partial charge is 0.508 e. The number of aromatic hydroxyl groups is 1. The van der Waals surface area contributed by atoms with Gasteiger partial charge in [-0.1, -0.05) is 42.5 Å². The molecule has 2 aromatic rings. The topological polar surface area (TPSA) is 322 Å². The Bertz CT molecular complexity index is 1470. The zero-order valence-electron chi connectivity index (χ0n) is 26.5. The zero-order chi connectivity index (χ0) is 36.5. The van der Waals surface area contributed by atoms with E-state index in [0.29, 0.717) is 11.1 Å². The van der Waals surface area contributed by atoms with E-state index in [0.717, 1.165) is 0 Å². The second-order valence-electron chi connectivity index (χ2n) is 11.0. The van der Waals surface area contributed by atoms with Gasteiger partial charge in [-0.25, -0.2) is 4.79 Å². The third-order valence-corrected chi connectivity index (χ3v) is 7.03. The van der Waals surface area contributed by atoms with E-state index in [4.69, 9.17) is 22.3 Å². The van der Waals surface area contributed by atoms with Crippen LogP contribution in [0.5, 0.6) is 5.75 Å². The number of hydrogen-bond acceptors (Lipinski definition) is 10. The van der Waals surface area contributed by atoms with Crippen molar-refractivity contribution in [2.75, 3.05) is 13.2 Å². The lowest BCUT2D eigenvalue weighted by atomic mass is 10.0. The summed E-state index contributed by atoms with van der Waals surface area (Å²) in [6.45, 7) is -0.876. The number of carbonyl (C=O) groups is 6. The molecule has 0 saturated carbocycles. The Hall–Kier alpha value is -5.75. The Balaban J connectivity index is 2.39. The molecule has 4 amide bonds. The summed E-state index contributed by atoms with van der Waals surface area (Å²) in [5.41, 5.74) is 17.6. The van der Waals surface area contributed by atoms with Crippen LogP contribution in [0.4, 0.5) is 0 Å². The number of aliphatic imine (C=N–C) groups is 1. The molecule has 14 N–H and O–H groups in total. The summed E-state index contributed by atoms with van der Waals surface area (Å²) >= 11 is 0. The molecule has 0 aliphatic carbocycles. The summed E-state index contributed by atoms with van der Waals surface area (Å²) < 4.78 is 0. The number of carboxylic acids is 2. The number of carbonyl (C=O) groups excluding carboxylic acids is 4. The van der Waals surface area contributed by atoms with Crippen LogP contribution in [0.15, 0.2) is 59.6 Å². The molecule has 0 aliphatic rings. The third kappa shape index (κ3) is 14.3. The summed E-state index contributed by atoms with van der Waals surface area (Å²) in [5, 5.41) is 47.1. The van der Waals surface area contributed by atoms with E-state index in [1.54, 1.807) is 30.3 Å². The van der Waals surface area contributed by atoms with Gasteiger partial charge >= 0.3 is 11.9 Å². The molecule has 49 heavy (non-hydrogen) atoms. The van der Waals surface area contributed by atoms with Gasteiger partial charge in [0.05, 0.1) is 19.1 Å². The predicted octanol–water partition coefficient (Wildman–Crippen LogP) is -2.95. The lowest BCUT2D eigenvalue weighted by Crippen LogP contribution is -2.59. The zero-order valence-corrected chi connectivity index (χ0v) is 26.5. The van der Waals surface area contributed by atoms with Crippen LogP contribution in [-0.4, -0.2) is 105 Å². The van der Waals surface area contributed by atoms with E-state index in [2.05, 4.69) is 26.3 Å². The average molecular weight is 687 g/mol. The maximum Gasteiger partial charge on any atom is 0.328 e. The van der Waals surface area contributed by atoms with Crippen molar-refractivity contribution in [2.24, 2.45) is 22.2 Å². The van der Waals surface area contributed by atoms with E-state index < -0.39 is 78.8 Å². The number of carboxylic acid groups (broad SMARTS) is 2. The predicted molar refractivity (Wildman–Crippen MR) is 175 cm³/mol. The molecule has 18 heteroatoms. The Kier molecular flexibility index (Phi) is 15.9. The van der Waals surface area contributed by atoms with Gasteiger partial charge < -0.3 is 58.9 Å². The highest BCUT2D eigenvalue weighted by Gasteiger charge is 2.32. The second-order valence-corrected chi connectivity index (χ2v) is 11.0. The van der Waals surface area contributed by atoms with Crippen molar-refractivity contribution < 1.29 is 49.2 Å². The number of aliphatic hydroxyl groups excluding tert-OH is 1. The number of aliphatic carboxylic acids is 2. The lowest BCUT2D eigenvalue weighted by Gasteiger charge is -2.26. The molecule has 2 rings (SSSR count). The van der Waals surface area contributed by atoms with Crippen LogP contribution < -0.4 is 38.5 Å². The van der Waals surface area contributed by atoms with Crippen molar-refractivity contribution in [3.8, 4) is 5.75 Å². The molecular weight excluding hydrogens is 644 g/mol. The van der Waals surface area contributed by atoms with E-state index in [1.165, 1.54) is 24.3 Å². The Morgan fingerprint density at radius 1 is 0.694 bits per heavy atom. The number of guanidine groups is 1. The third-order valence-electron chi connectivity index (χ3n) is 7.03. The first-order valence-electron chi connectivity index (χ1n) is 15.1. The highest BCUT2D eigenvalue weighted by atomic mass is 16.4. The number of hydrogen-bond donors (Lipinski definition) is 11. The van der Waals surface area contributed by atoms with Crippen molar-refractivity contribution in [2.45, 2.75) is 62.3 Å². The number of benzene rings is 2. The standard InChI is InChI=1S/C31H42N8O10/c32-20(15-25(42)43)26(44)37-22(13-17-5-2-1-3-6-17)28(46)36-21(7-4-12-35-31(33)34)27(45)38-23(14-18-8-10-19(41)11-9-18)29(47)39-24(16-40)30(48)49/h1-3,5-6,8-11,20-24,40-41H,4,7,12-16,32H2,(H,36,46)(H,37,44)(H,38,45)(H,39,47)(H,42,43)(H,48,49)(H4,33,34,35)/t20-,21-,22-,23-,24-/m0/s1. The molecule has 0 bridgehead atoms. The van der Waals surface area contributed by atoms with E-state index >= 15 is 0 Å². The molecule has 0 saturated heterocycles. The van der Waals surface area contributed by atoms with Crippen LogP contribution in [0.25, 0.3) is 0 Å². The minimum atomic E-state index is -1.68. The maximum atomic E-state index is 13.7. The highest BCUT2D eigenvalue weighted by molar-refractivity contribution is 5.96. The molecule has 0 unspecified atom stereocenters. The Morgan fingerprint density at radius 2 is 1.18 bits per heavy atom. The monoisotopic (exact) mass is 686 g/mol. The minimum Gasteiger partial charge on any atom is -0.508 e. The number of rotatable bonds is 20. The van der Waals surface area contributed by atoms with Crippen LogP contribution in [0.3, 0.4) is 0 Å². The van der Waals surface area contributed by atoms with E-state index in [9.17, 15) is 44.1 Å². The van der Waals surface area contributed by atoms with E-state index in [-0.39, 0.29) is 43.9 Å². The number of nitrogens with one attached hydrogen (secondary N) is 4. The van der Waals surface area contributed by atoms with Gasteiger partial charge in [0.15, 0.2) is 5.96 Å². The normalized spacial score (nSPS) is 13.8. The van der Waals surface area contributed by atoms with Crippen molar-refractivity contribution in [3.05, 3.63) is 65.7 Å². The van der Waals surface area contributed by atoms with Gasteiger partial charge in [-0.05, 0) is 36.1 Å². The van der Waals surface area contributed by atoms with Gasteiger partial charge in [0.1, 0.15) is 29.9 Å². The van der Waals surface area contributed by atoms with Gasteiger partial charge in [0.2, 0.25) is 23.6 Å². The van der Waals surface area contributed by atoms with Crippen molar-refractivity contribution in [3.63, 3.8) is 0 Å². The molecule has 0 aliphatic heterocycles. The SMILES string of the molecule is NC(N)=NCCC[C@H](NC(=O)[C@H](Cc1ccccc1)NC(=O)[C@@H](N)CC(=O)O)C(=O)N[C@@H](Cc1ccc(O)cc1)C(=O)N[C@@H](CO)C(=O)O. The molecule has 0 spiro atoms. The van der Waals surface area contributed by atoms with Gasteiger partial charge in [0.25, 0.3) is 0 Å². The molecular formula is C31H42N8O10. The quantitative estimate of drug-likeness (QED) is 0.0377. The van der Waals surface area contributed by atoms with Crippen LogP contribution in [0.2, 0.25) is 0 Å².